The van der Waals surface area contributed by atoms with Gasteiger partial charge in [0.05, 0.1) is 17.6 Å². The molecule has 0 aliphatic carbocycles. The minimum Gasteiger partial charge on any atom is -0.402 e. The van der Waals surface area contributed by atoms with Crippen LogP contribution in [0.3, 0.4) is 0 Å². The predicted octanol–water partition coefficient (Wildman–Crippen LogP) is 2.30. The highest BCUT2D eigenvalue weighted by atomic mass is 15.5. The van der Waals surface area contributed by atoms with Gasteiger partial charge in [-0.3, -0.25) is 4.98 Å². The molecule has 3 aliphatic rings. The second-order valence-electron chi connectivity index (χ2n) is 8.40. The van der Waals surface area contributed by atoms with Crippen molar-refractivity contribution in [2.45, 2.75) is 45.7 Å². The van der Waals surface area contributed by atoms with Crippen molar-refractivity contribution in [1.29, 1.82) is 0 Å². The van der Waals surface area contributed by atoms with Crippen molar-refractivity contribution in [3.63, 3.8) is 0 Å². The summed E-state index contributed by atoms with van der Waals surface area (Å²) >= 11 is 0. The van der Waals surface area contributed by atoms with E-state index in [0.29, 0.717) is 12.2 Å². The molecule has 0 radical (unpaired) electrons. The minimum atomic E-state index is -0.165. The second-order valence-corrected chi connectivity index (χ2v) is 8.40. The summed E-state index contributed by atoms with van der Waals surface area (Å²) in [6.07, 6.45) is 7.52. The Morgan fingerprint density at radius 3 is 2.75 bits per heavy atom. The van der Waals surface area contributed by atoms with E-state index in [1.54, 1.807) is 0 Å². The summed E-state index contributed by atoms with van der Waals surface area (Å²) in [6, 6.07) is 4.12. The van der Waals surface area contributed by atoms with Crippen LogP contribution in [0.15, 0.2) is 36.8 Å². The molecule has 2 aromatic heterocycles. The molecule has 0 aromatic carbocycles. The van der Waals surface area contributed by atoms with Crippen LogP contribution < -0.4 is 32.1 Å². The number of hydrogen-bond acceptors (Lipinski definition) is 9. The number of rotatable bonds is 4. The van der Waals surface area contributed by atoms with Crippen molar-refractivity contribution < 1.29 is 0 Å². The molecule has 1 atom stereocenters. The third-order valence-electron chi connectivity index (χ3n) is 6.79. The molecule has 0 amide bonds. The van der Waals surface area contributed by atoms with Crippen LogP contribution in [0, 0.1) is 5.41 Å². The van der Waals surface area contributed by atoms with Crippen molar-refractivity contribution in [2.75, 3.05) is 41.4 Å². The zero-order chi connectivity index (χ0) is 22.7. The smallest absolute Gasteiger partial charge is 0.168 e. The van der Waals surface area contributed by atoms with Gasteiger partial charge in [0.2, 0.25) is 0 Å². The van der Waals surface area contributed by atoms with Crippen LogP contribution in [-0.2, 0) is 6.42 Å². The third-order valence-corrected chi connectivity index (χ3v) is 6.79. The maximum absolute atomic E-state index is 6.04. The molecular weight excluding hydrogens is 402 g/mol. The Hall–Kier alpha value is -2.91. The maximum atomic E-state index is 6.04. The Morgan fingerprint density at radius 1 is 1.25 bits per heavy atom. The average molecular weight is 438 g/mol. The third kappa shape index (κ3) is 3.86. The molecule has 0 saturated carbocycles. The summed E-state index contributed by atoms with van der Waals surface area (Å²) < 4.78 is 0. The Labute approximate surface area is 190 Å². The molecule has 172 valence electrons. The molecule has 9 heteroatoms. The van der Waals surface area contributed by atoms with E-state index >= 15 is 0 Å². The van der Waals surface area contributed by atoms with Gasteiger partial charge in [0, 0.05) is 43.5 Å². The number of nitrogens with zero attached hydrogens (tertiary/aromatic N) is 5. The molecule has 9 nitrogen and oxygen atoms in total. The van der Waals surface area contributed by atoms with Crippen LogP contribution in [0.4, 0.5) is 17.3 Å². The lowest BCUT2D eigenvalue weighted by atomic mass is 9.76. The number of fused-ring (bicyclic) bond motifs is 2. The van der Waals surface area contributed by atoms with Gasteiger partial charge in [-0.05, 0) is 37.8 Å². The van der Waals surface area contributed by atoms with E-state index < -0.39 is 0 Å². The Kier molecular flexibility index (Phi) is 6.48. The number of nitrogens with two attached hydrogens (primary N) is 2. The Morgan fingerprint density at radius 2 is 2.03 bits per heavy atom. The molecule has 0 bridgehead atoms. The predicted molar refractivity (Wildman–Crippen MR) is 129 cm³/mol. The van der Waals surface area contributed by atoms with E-state index in [9.17, 15) is 0 Å². The minimum absolute atomic E-state index is 0.0587. The SMILES string of the molecule is C=C(N)C1(CN)CCN(c2cnc3c(n2)NNC3N2CCCc3ncccc32)CC1.CC. The largest absolute Gasteiger partial charge is 0.402 e. The average Bonchev–Trinajstić information content (AvgIpc) is 3.28. The normalized spacial score (nSPS) is 21.0. The van der Waals surface area contributed by atoms with E-state index in [2.05, 4.69) is 38.3 Å². The fourth-order valence-electron chi connectivity index (χ4n) is 4.77. The van der Waals surface area contributed by atoms with Crippen LogP contribution in [0.5, 0.6) is 0 Å². The van der Waals surface area contributed by atoms with Gasteiger partial charge in [-0.2, -0.15) is 0 Å². The molecule has 6 N–H and O–H groups in total. The van der Waals surface area contributed by atoms with Crippen LogP contribution >= 0.6 is 0 Å². The molecule has 3 aliphatic heterocycles. The van der Waals surface area contributed by atoms with E-state index in [-0.39, 0.29) is 11.6 Å². The lowest BCUT2D eigenvalue weighted by molar-refractivity contribution is 0.280. The van der Waals surface area contributed by atoms with E-state index in [0.717, 1.165) is 74.0 Å². The number of aromatic nitrogens is 3. The van der Waals surface area contributed by atoms with Gasteiger partial charge in [-0.15, -0.1) is 0 Å². The Bertz CT molecular complexity index is 952. The molecule has 5 heterocycles. The van der Waals surface area contributed by atoms with Crippen LogP contribution in [0.1, 0.15) is 50.7 Å². The summed E-state index contributed by atoms with van der Waals surface area (Å²) in [4.78, 5) is 18.8. The molecule has 1 fully saturated rings. The molecule has 1 unspecified atom stereocenters. The molecule has 32 heavy (non-hydrogen) atoms. The summed E-state index contributed by atoms with van der Waals surface area (Å²) in [7, 11) is 0. The number of hydrazine groups is 1. The highest BCUT2D eigenvalue weighted by Crippen LogP contribution is 2.38. The van der Waals surface area contributed by atoms with E-state index in [4.69, 9.17) is 21.4 Å². The zero-order valence-electron chi connectivity index (χ0n) is 19.1. The lowest BCUT2D eigenvalue weighted by Crippen LogP contribution is -2.46. The van der Waals surface area contributed by atoms with Gasteiger partial charge >= 0.3 is 0 Å². The lowest BCUT2D eigenvalue weighted by Gasteiger charge is -2.41. The summed E-state index contributed by atoms with van der Waals surface area (Å²) in [6.45, 7) is 11.1. The van der Waals surface area contributed by atoms with Crippen LogP contribution in [0.2, 0.25) is 0 Å². The van der Waals surface area contributed by atoms with Crippen molar-refractivity contribution in [2.24, 2.45) is 16.9 Å². The van der Waals surface area contributed by atoms with Crippen LogP contribution in [-0.4, -0.2) is 41.1 Å². The van der Waals surface area contributed by atoms with Crippen molar-refractivity contribution in [3.8, 4) is 0 Å². The highest BCUT2D eigenvalue weighted by molar-refractivity contribution is 5.59. The summed E-state index contributed by atoms with van der Waals surface area (Å²) in [5.41, 5.74) is 22.4. The number of hydrogen-bond donors (Lipinski definition) is 4. The number of pyridine rings is 1. The Balaban J connectivity index is 0.00000119. The quantitative estimate of drug-likeness (QED) is 0.571. The van der Waals surface area contributed by atoms with Gasteiger partial charge in [0.25, 0.3) is 0 Å². The monoisotopic (exact) mass is 437 g/mol. The molecule has 2 aromatic rings. The first kappa shape index (κ1) is 22.3. The number of aryl methyl sites for hydroxylation is 1. The van der Waals surface area contributed by atoms with Crippen molar-refractivity contribution >= 4 is 17.3 Å². The zero-order valence-corrected chi connectivity index (χ0v) is 19.1. The van der Waals surface area contributed by atoms with Crippen molar-refractivity contribution in [1.82, 2.24) is 20.4 Å². The summed E-state index contributed by atoms with van der Waals surface area (Å²) in [5.74, 6) is 1.66. The molecule has 5 rings (SSSR count). The maximum Gasteiger partial charge on any atom is 0.168 e. The first-order valence-electron chi connectivity index (χ1n) is 11.6. The molecular formula is C23H35N9. The van der Waals surface area contributed by atoms with E-state index in [1.807, 2.05) is 32.3 Å². The number of nitrogens with one attached hydrogen (secondary N) is 2. The molecule has 0 spiro atoms. The number of piperidine rings is 1. The fraction of sp³-hybridized carbons (Fsp3) is 0.522. The topological polar surface area (TPSA) is 121 Å². The van der Waals surface area contributed by atoms with E-state index in [1.165, 1.54) is 0 Å². The standard InChI is InChI=1S/C21H29N9.C2H6/c1-14(23)21(13-22)6-10-29(11-7-21)17-12-25-18-19(26-17)27-28-20(18)30-9-3-4-15-16(30)5-2-8-24-15;1-2/h2,5,8,12,20,28H,1,3-4,6-7,9-11,13,22-23H2,(H,26,27);1-2H3. The van der Waals surface area contributed by atoms with Gasteiger partial charge < -0.3 is 26.7 Å². The first-order chi connectivity index (χ1) is 15.6. The van der Waals surface area contributed by atoms with Gasteiger partial charge in [-0.25, -0.2) is 15.4 Å². The fourth-order valence-corrected chi connectivity index (χ4v) is 4.77. The molecule has 1 saturated heterocycles. The van der Waals surface area contributed by atoms with Gasteiger partial charge in [0.15, 0.2) is 5.82 Å². The van der Waals surface area contributed by atoms with Gasteiger partial charge in [0.1, 0.15) is 17.7 Å². The second kappa shape index (κ2) is 9.30. The number of anilines is 3. The summed E-state index contributed by atoms with van der Waals surface area (Å²) in [5, 5.41) is 0. The van der Waals surface area contributed by atoms with Gasteiger partial charge in [-0.1, -0.05) is 20.4 Å². The first-order valence-corrected chi connectivity index (χ1v) is 11.6. The van der Waals surface area contributed by atoms with Crippen molar-refractivity contribution in [3.05, 3.63) is 48.2 Å². The van der Waals surface area contributed by atoms with Crippen LogP contribution in [0.25, 0.3) is 0 Å². The highest BCUT2D eigenvalue weighted by Gasteiger charge is 2.37.